The van der Waals surface area contributed by atoms with Gasteiger partial charge in [0.15, 0.2) is 11.6 Å². The van der Waals surface area contributed by atoms with Crippen molar-refractivity contribution in [2.24, 2.45) is 0 Å². The summed E-state index contributed by atoms with van der Waals surface area (Å²) in [6.45, 7) is 3.68. The molecule has 2 aliphatic heterocycles. The lowest BCUT2D eigenvalue weighted by atomic mass is 9.96. The Morgan fingerprint density at radius 2 is 1.83 bits per heavy atom. The number of esters is 1. The molecule has 2 atom stereocenters. The van der Waals surface area contributed by atoms with Crippen LogP contribution in [0.15, 0.2) is 24.3 Å². The van der Waals surface area contributed by atoms with Gasteiger partial charge >= 0.3 is 12.1 Å². The lowest BCUT2D eigenvalue weighted by Gasteiger charge is -2.11. The molecule has 1 fully saturated rings. The van der Waals surface area contributed by atoms with Crippen molar-refractivity contribution in [2.45, 2.75) is 25.4 Å². The van der Waals surface area contributed by atoms with Crippen molar-refractivity contribution in [3.63, 3.8) is 0 Å². The average molecular weight is 318 g/mol. The molecular formula is C16H18N2O5. The number of hydrogen-bond acceptors (Lipinski definition) is 5. The smallest absolute Gasteiger partial charge is 0.411 e. The number of amides is 2. The van der Waals surface area contributed by atoms with Gasteiger partial charge in [-0.1, -0.05) is 18.2 Å². The second kappa shape index (κ2) is 5.26. The largest absolute Gasteiger partial charge is 0.464 e. The summed E-state index contributed by atoms with van der Waals surface area (Å²) < 4.78 is 10.1. The third kappa shape index (κ3) is 1.85. The zero-order valence-corrected chi connectivity index (χ0v) is 13.2. The Morgan fingerprint density at radius 1 is 1.17 bits per heavy atom. The van der Waals surface area contributed by atoms with Crippen LogP contribution in [-0.2, 0) is 24.6 Å². The Kier molecular flexibility index (Phi) is 3.50. The summed E-state index contributed by atoms with van der Waals surface area (Å²) >= 11 is 0. The molecule has 7 nitrogen and oxygen atoms in total. The quantitative estimate of drug-likeness (QED) is 0.619. The molecule has 0 aromatic heterocycles. The number of ether oxygens (including phenoxy) is 2. The van der Waals surface area contributed by atoms with E-state index in [9.17, 15) is 14.4 Å². The number of carbonyl (C=O) groups is 3. The first-order valence-electron chi connectivity index (χ1n) is 7.52. The van der Waals surface area contributed by atoms with Gasteiger partial charge in [0.05, 0.1) is 13.2 Å². The van der Waals surface area contributed by atoms with Crippen LogP contribution in [0.5, 0.6) is 0 Å². The molecule has 0 saturated carbocycles. The molecule has 3 rings (SSSR count). The molecular weight excluding hydrogens is 300 g/mol. The van der Waals surface area contributed by atoms with Crippen LogP contribution >= 0.6 is 0 Å². The first kappa shape index (κ1) is 15.3. The molecule has 0 N–H and O–H groups in total. The van der Waals surface area contributed by atoms with Gasteiger partial charge in [-0.2, -0.15) is 0 Å². The lowest BCUT2D eigenvalue weighted by Crippen LogP contribution is -2.35. The van der Waals surface area contributed by atoms with Crippen LogP contribution in [0, 0.1) is 0 Å². The second-order valence-corrected chi connectivity index (χ2v) is 5.37. The zero-order valence-electron chi connectivity index (χ0n) is 13.2. The second-order valence-electron chi connectivity index (χ2n) is 5.37. The van der Waals surface area contributed by atoms with Crippen molar-refractivity contribution in [2.75, 3.05) is 25.2 Å². The van der Waals surface area contributed by atoms with Crippen LogP contribution in [0.3, 0.4) is 0 Å². The summed E-state index contributed by atoms with van der Waals surface area (Å²) in [6, 6.07) is 6.13. The molecule has 1 aromatic rings. The normalized spacial score (nSPS) is 24.7. The first-order chi connectivity index (χ1) is 11.0. The van der Waals surface area contributed by atoms with E-state index in [1.165, 1.54) is 9.80 Å². The summed E-state index contributed by atoms with van der Waals surface area (Å²) in [5.74, 6) is -0.927. The highest BCUT2D eigenvalue weighted by atomic mass is 16.6. The molecule has 23 heavy (non-hydrogen) atoms. The number of nitrogens with zero attached hydrogens (tertiary/aromatic N) is 2. The minimum absolute atomic E-state index is 0.159. The third-order valence-corrected chi connectivity index (χ3v) is 4.25. The van der Waals surface area contributed by atoms with Crippen molar-refractivity contribution >= 4 is 23.7 Å². The molecule has 2 unspecified atom stereocenters. The number of para-hydroxylation sites is 1. The molecule has 0 radical (unpaired) electrons. The molecule has 2 heterocycles. The van der Waals surface area contributed by atoms with Crippen LogP contribution in [0.2, 0.25) is 0 Å². The number of carbonyl (C=O) groups excluding carboxylic acids is 3. The number of anilines is 1. The predicted molar refractivity (Wildman–Crippen MR) is 80.8 cm³/mol. The maximum absolute atomic E-state index is 12.9. The number of hydrogen-bond donors (Lipinski definition) is 0. The van der Waals surface area contributed by atoms with E-state index in [0.29, 0.717) is 11.3 Å². The van der Waals surface area contributed by atoms with Gasteiger partial charge in [0, 0.05) is 18.3 Å². The van der Waals surface area contributed by atoms with Gasteiger partial charge in [0.2, 0.25) is 0 Å². The molecule has 1 spiro atoms. The third-order valence-electron chi connectivity index (χ3n) is 4.25. The van der Waals surface area contributed by atoms with Crippen LogP contribution in [0.1, 0.15) is 19.4 Å². The molecule has 7 heteroatoms. The number of likely N-dealkylation sites (N-methyl/N-ethyl adjacent to an activating group) is 1. The van der Waals surface area contributed by atoms with Crippen molar-refractivity contribution in [1.82, 2.24) is 4.90 Å². The molecule has 0 bridgehead atoms. The highest BCUT2D eigenvalue weighted by Gasteiger charge is 2.79. The van der Waals surface area contributed by atoms with Gasteiger partial charge in [-0.05, 0) is 19.9 Å². The van der Waals surface area contributed by atoms with E-state index >= 15 is 0 Å². The van der Waals surface area contributed by atoms with E-state index in [-0.39, 0.29) is 19.1 Å². The van der Waals surface area contributed by atoms with E-state index in [1.807, 2.05) is 0 Å². The Bertz CT molecular complexity index is 663. The zero-order chi connectivity index (χ0) is 16.8. The molecule has 1 aromatic carbocycles. The fourth-order valence-corrected chi connectivity index (χ4v) is 3.30. The monoisotopic (exact) mass is 318 g/mol. The fourth-order valence-electron chi connectivity index (χ4n) is 3.30. The van der Waals surface area contributed by atoms with Gasteiger partial charge in [0.25, 0.3) is 5.91 Å². The summed E-state index contributed by atoms with van der Waals surface area (Å²) in [4.78, 5) is 40.1. The van der Waals surface area contributed by atoms with Crippen molar-refractivity contribution < 1.29 is 23.9 Å². The van der Waals surface area contributed by atoms with E-state index < -0.39 is 23.6 Å². The Labute approximate surface area is 133 Å². The van der Waals surface area contributed by atoms with E-state index in [2.05, 4.69) is 0 Å². The SMILES string of the molecule is CCOC(=O)C1N(C(=O)OCC)C12C(=O)N(C)c1ccccc12. The Hall–Kier alpha value is -2.57. The summed E-state index contributed by atoms with van der Waals surface area (Å²) in [6.07, 6.45) is -0.691. The fraction of sp³-hybridized carbons (Fsp3) is 0.438. The van der Waals surface area contributed by atoms with Gasteiger partial charge in [0.1, 0.15) is 0 Å². The minimum Gasteiger partial charge on any atom is -0.464 e. The maximum Gasteiger partial charge on any atom is 0.411 e. The van der Waals surface area contributed by atoms with Crippen molar-refractivity contribution in [3.8, 4) is 0 Å². The standard InChI is InChI=1S/C16H18N2O5/c1-4-22-13(19)12-16(18(12)15(21)23-5-2)10-8-6-7-9-11(10)17(3)14(16)20/h6-9,12H,4-5H2,1-3H3. The molecule has 2 aliphatic rings. The van der Waals surface area contributed by atoms with Crippen LogP contribution in [-0.4, -0.2) is 49.2 Å². The Balaban J connectivity index is 2.09. The molecule has 122 valence electrons. The Morgan fingerprint density at radius 3 is 2.48 bits per heavy atom. The average Bonchev–Trinajstić information content (AvgIpc) is 3.20. The molecule has 0 aliphatic carbocycles. The lowest BCUT2D eigenvalue weighted by molar-refractivity contribution is -0.144. The molecule has 1 saturated heterocycles. The number of fused-ring (bicyclic) bond motifs is 2. The highest BCUT2D eigenvalue weighted by Crippen LogP contribution is 2.58. The first-order valence-corrected chi connectivity index (χ1v) is 7.52. The van der Waals surface area contributed by atoms with Crippen LogP contribution in [0.25, 0.3) is 0 Å². The van der Waals surface area contributed by atoms with Crippen molar-refractivity contribution in [3.05, 3.63) is 29.8 Å². The minimum atomic E-state index is -1.34. The van der Waals surface area contributed by atoms with Gasteiger partial charge in [-0.15, -0.1) is 0 Å². The maximum atomic E-state index is 12.9. The van der Waals surface area contributed by atoms with E-state index in [1.54, 1.807) is 45.2 Å². The number of benzene rings is 1. The van der Waals surface area contributed by atoms with Crippen molar-refractivity contribution in [1.29, 1.82) is 0 Å². The van der Waals surface area contributed by atoms with Gasteiger partial charge in [-0.25, -0.2) is 9.59 Å². The summed E-state index contributed by atoms with van der Waals surface area (Å²) in [5, 5.41) is 0. The number of rotatable bonds is 3. The van der Waals surface area contributed by atoms with Crippen LogP contribution < -0.4 is 4.90 Å². The molecule has 2 amide bonds. The summed E-state index contributed by atoms with van der Waals surface area (Å²) in [7, 11) is 1.62. The van der Waals surface area contributed by atoms with Crippen LogP contribution in [0.4, 0.5) is 10.5 Å². The van der Waals surface area contributed by atoms with E-state index in [4.69, 9.17) is 9.47 Å². The van der Waals surface area contributed by atoms with Gasteiger partial charge in [-0.3, -0.25) is 9.69 Å². The van der Waals surface area contributed by atoms with E-state index in [0.717, 1.165) is 0 Å². The summed E-state index contributed by atoms with van der Waals surface area (Å²) in [5.41, 5.74) is -0.0404. The predicted octanol–water partition coefficient (Wildman–Crippen LogP) is 1.26. The van der Waals surface area contributed by atoms with Gasteiger partial charge < -0.3 is 14.4 Å². The highest BCUT2D eigenvalue weighted by molar-refractivity contribution is 6.16. The topological polar surface area (TPSA) is 75.9 Å².